The number of nitrogens with two attached hydrogens (primary N) is 1. The summed E-state index contributed by atoms with van der Waals surface area (Å²) in [6.07, 6.45) is 2.28. The highest BCUT2D eigenvalue weighted by molar-refractivity contribution is 5.98. The predicted octanol–water partition coefficient (Wildman–Crippen LogP) is 4.66. The molecule has 2 heterocycles. The van der Waals surface area contributed by atoms with Gasteiger partial charge in [-0.15, -0.1) is 0 Å². The summed E-state index contributed by atoms with van der Waals surface area (Å²) in [6, 6.07) is 14.1. The highest BCUT2D eigenvalue weighted by Crippen LogP contribution is 2.39. The first-order valence-corrected chi connectivity index (χ1v) is 9.88. The van der Waals surface area contributed by atoms with Crippen LogP contribution in [0.5, 0.6) is 0 Å². The van der Waals surface area contributed by atoms with Crippen molar-refractivity contribution in [1.82, 2.24) is 9.47 Å². The zero-order valence-corrected chi connectivity index (χ0v) is 16.2. The molecule has 3 nitrogen and oxygen atoms in total. The molecule has 1 aromatic heterocycles. The Labute approximate surface area is 160 Å². The molecule has 0 spiro atoms. The second kappa shape index (κ2) is 7.45. The maximum absolute atomic E-state index is 13.5. The molecule has 4 rings (SSSR count). The Hall–Kier alpha value is -2.17. The normalized spacial score (nSPS) is 16.3. The molecule has 2 N–H and O–H groups in total. The van der Waals surface area contributed by atoms with E-state index >= 15 is 0 Å². The van der Waals surface area contributed by atoms with Gasteiger partial charge in [0.25, 0.3) is 0 Å². The average molecular weight is 365 g/mol. The molecular formula is C23H28FN3. The van der Waals surface area contributed by atoms with Crippen molar-refractivity contribution in [2.24, 2.45) is 5.73 Å². The molecule has 0 unspecified atom stereocenters. The maximum Gasteiger partial charge on any atom is 0.123 e. The van der Waals surface area contributed by atoms with E-state index in [1.165, 1.54) is 27.7 Å². The lowest BCUT2D eigenvalue weighted by Gasteiger charge is -2.33. The summed E-state index contributed by atoms with van der Waals surface area (Å²) in [5.41, 5.74) is 11.9. The van der Waals surface area contributed by atoms with Crippen molar-refractivity contribution >= 4 is 10.9 Å². The van der Waals surface area contributed by atoms with Gasteiger partial charge in [-0.2, -0.15) is 0 Å². The highest BCUT2D eigenvalue weighted by Gasteiger charge is 2.25. The van der Waals surface area contributed by atoms with Crippen LogP contribution in [-0.4, -0.2) is 35.6 Å². The van der Waals surface area contributed by atoms with Gasteiger partial charge in [0.1, 0.15) is 5.82 Å². The maximum atomic E-state index is 13.5. The molecule has 0 saturated carbocycles. The Balaban J connectivity index is 1.80. The molecule has 0 atom stereocenters. The van der Waals surface area contributed by atoms with Crippen molar-refractivity contribution in [2.75, 3.05) is 26.2 Å². The smallest absolute Gasteiger partial charge is 0.123 e. The summed E-state index contributed by atoms with van der Waals surface area (Å²) >= 11 is 0. The van der Waals surface area contributed by atoms with Gasteiger partial charge in [0.2, 0.25) is 0 Å². The first-order valence-electron chi connectivity index (χ1n) is 9.88. The van der Waals surface area contributed by atoms with Gasteiger partial charge < -0.3 is 15.2 Å². The SMILES string of the molecule is Cc1ccc2c(c1)c(-c1ccc(F)cc1)c(C)n2C1CCN(CCN)CC1. The van der Waals surface area contributed by atoms with Crippen LogP contribution >= 0.6 is 0 Å². The van der Waals surface area contributed by atoms with E-state index in [0.29, 0.717) is 6.04 Å². The molecular weight excluding hydrogens is 337 g/mol. The first kappa shape index (κ1) is 18.2. The summed E-state index contributed by atoms with van der Waals surface area (Å²) in [4.78, 5) is 2.46. The molecule has 0 amide bonds. The fourth-order valence-electron chi connectivity index (χ4n) is 4.59. The summed E-state index contributed by atoms with van der Waals surface area (Å²) in [5.74, 6) is -0.191. The first-order chi connectivity index (χ1) is 13.1. The predicted molar refractivity (Wildman–Crippen MR) is 111 cm³/mol. The molecule has 1 aliphatic rings. The van der Waals surface area contributed by atoms with Crippen LogP contribution in [0.3, 0.4) is 0 Å². The van der Waals surface area contributed by atoms with E-state index in [4.69, 9.17) is 5.73 Å². The van der Waals surface area contributed by atoms with Crippen molar-refractivity contribution in [3.05, 3.63) is 59.5 Å². The minimum atomic E-state index is -0.191. The number of hydrogen-bond acceptors (Lipinski definition) is 2. The summed E-state index contributed by atoms with van der Waals surface area (Å²) < 4.78 is 16.0. The third-order valence-corrected chi connectivity index (χ3v) is 5.90. The molecule has 4 heteroatoms. The van der Waals surface area contributed by atoms with Crippen LogP contribution < -0.4 is 5.73 Å². The van der Waals surface area contributed by atoms with E-state index in [0.717, 1.165) is 44.6 Å². The van der Waals surface area contributed by atoms with E-state index in [-0.39, 0.29) is 5.82 Å². The van der Waals surface area contributed by atoms with Crippen molar-refractivity contribution < 1.29 is 4.39 Å². The van der Waals surface area contributed by atoms with Crippen LogP contribution in [-0.2, 0) is 0 Å². The zero-order valence-electron chi connectivity index (χ0n) is 16.2. The van der Waals surface area contributed by atoms with Crippen LogP contribution in [0.4, 0.5) is 4.39 Å². The fraction of sp³-hybridized carbons (Fsp3) is 0.391. The Morgan fingerprint density at radius 2 is 1.74 bits per heavy atom. The van der Waals surface area contributed by atoms with Crippen LogP contribution in [0.2, 0.25) is 0 Å². The van der Waals surface area contributed by atoms with Crippen molar-refractivity contribution in [3.8, 4) is 11.1 Å². The number of aromatic nitrogens is 1. The van der Waals surface area contributed by atoms with Gasteiger partial charge in [-0.3, -0.25) is 0 Å². The lowest BCUT2D eigenvalue weighted by atomic mass is 10.0. The number of fused-ring (bicyclic) bond motifs is 1. The van der Waals surface area contributed by atoms with E-state index in [1.54, 1.807) is 12.1 Å². The largest absolute Gasteiger partial charge is 0.341 e. The monoisotopic (exact) mass is 365 g/mol. The van der Waals surface area contributed by atoms with Gasteiger partial charge in [-0.05, 0) is 56.5 Å². The van der Waals surface area contributed by atoms with Crippen molar-refractivity contribution in [3.63, 3.8) is 0 Å². The van der Waals surface area contributed by atoms with Crippen LogP contribution in [0.25, 0.3) is 22.0 Å². The number of rotatable bonds is 4. The van der Waals surface area contributed by atoms with Gasteiger partial charge in [0.15, 0.2) is 0 Å². The van der Waals surface area contributed by atoms with Crippen LogP contribution in [0, 0.1) is 19.7 Å². The molecule has 0 bridgehead atoms. The van der Waals surface area contributed by atoms with Gasteiger partial charge in [0, 0.05) is 54.4 Å². The Bertz CT molecular complexity index is 934. The Kier molecular flexibility index (Phi) is 5.02. The molecule has 2 aromatic carbocycles. The number of likely N-dealkylation sites (tertiary alicyclic amines) is 1. The van der Waals surface area contributed by atoms with Gasteiger partial charge >= 0.3 is 0 Å². The van der Waals surface area contributed by atoms with E-state index in [9.17, 15) is 4.39 Å². The third-order valence-electron chi connectivity index (χ3n) is 5.90. The molecule has 0 radical (unpaired) electrons. The molecule has 142 valence electrons. The Morgan fingerprint density at radius 1 is 1.04 bits per heavy atom. The topological polar surface area (TPSA) is 34.2 Å². The average Bonchev–Trinajstić information content (AvgIpc) is 2.95. The zero-order chi connectivity index (χ0) is 19.0. The fourth-order valence-corrected chi connectivity index (χ4v) is 4.59. The van der Waals surface area contributed by atoms with Gasteiger partial charge in [-0.25, -0.2) is 4.39 Å². The molecule has 3 aromatic rings. The number of benzene rings is 2. The molecule has 1 fully saturated rings. The van der Waals surface area contributed by atoms with Crippen LogP contribution in [0.1, 0.15) is 30.1 Å². The lowest BCUT2D eigenvalue weighted by molar-refractivity contribution is 0.192. The summed E-state index contributed by atoms with van der Waals surface area (Å²) in [6.45, 7) is 8.24. The standard InChI is InChI=1S/C23H28FN3/c1-16-3-8-22-21(15-16)23(18-4-6-19(24)7-5-18)17(2)27(22)20-9-12-26(13-10-20)14-11-25/h3-8,15,20H,9-14,25H2,1-2H3. The lowest BCUT2D eigenvalue weighted by Crippen LogP contribution is -2.37. The highest BCUT2D eigenvalue weighted by atomic mass is 19.1. The molecule has 0 aliphatic carbocycles. The van der Waals surface area contributed by atoms with E-state index in [2.05, 4.69) is 41.5 Å². The third kappa shape index (κ3) is 3.40. The number of nitrogens with zero attached hydrogens (tertiary/aromatic N) is 2. The molecule has 1 aliphatic heterocycles. The van der Waals surface area contributed by atoms with Gasteiger partial charge in [-0.1, -0.05) is 23.8 Å². The number of hydrogen-bond donors (Lipinski definition) is 1. The molecule has 27 heavy (non-hydrogen) atoms. The summed E-state index contributed by atoms with van der Waals surface area (Å²) in [5, 5.41) is 1.27. The van der Waals surface area contributed by atoms with Crippen molar-refractivity contribution in [2.45, 2.75) is 32.7 Å². The van der Waals surface area contributed by atoms with Crippen molar-refractivity contribution in [1.29, 1.82) is 0 Å². The van der Waals surface area contributed by atoms with E-state index in [1.807, 2.05) is 12.1 Å². The summed E-state index contributed by atoms with van der Waals surface area (Å²) in [7, 11) is 0. The minimum absolute atomic E-state index is 0.191. The second-order valence-corrected chi connectivity index (χ2v) is 7.72. The van der Waals surface area contributed by atoms with Crippen LogP contribution in [0.15, 0.2) is 42.5 Å². The minimum Gasteiger partial charge on any atom is -0.341 e. The number of halogens is 1. The van der Waals surface area contributed by atoms with E-state index < -0.39 is 0 Å². The number of piperidine rings is 1. The number of aryl methyl sites for hydroxylation is 1. The second-order valence-electron chi connectivity index (χ2n) is 7.72. The molecule has 1 saturated heterocycles. The quantitative estimate of drug-likeness (QED) is 0.730. The van der Waals surface area contributed by atoms with Gasteiger partial charge in [0.05, 0.1) is 0 Å². The Morgan fingerprint density at radius 3 is 2.41 bits per heavy atom.